The van der Waals surface area contributed by atoms with E-state index in [1.165, 1.54) is 13.0 Å². The van der Waals surface area contributed by atoms with E-state index in [0.29, 0.717) is 5.02 Å². The summed E-state index contributed by atoms with van der Waals surface area (Å²) in [5.41, 5.74) is 1.51. The highest BCUT2D eigenvalue weighted by Gasteiger charge is 2.09. The molecule has 0 saturated carbocycles. The Kier molecular flexibility index (Phi) is 3.34. The van der Waals surface area contributed by atoms with Gasteiger partial charge in [0.2, 0.25) is 0 Å². The third-order valence-electron chi connectivity index (χ3n) is 2.71. The summed E-state index contributed by atoms with van der Waals surface area (Å²) in [6.07, 6.45) is 1.56. The van der Waals surface area contributed by atoms with E-state index < -0.39 is 0 Å². The van der Waals surface area contributed by atoms with Gasteiger partial charge in [0, 0.05) is 28.7 Å². The van der Waals surface area contributed by atoms with E-state index in [1.807, 2.05) is 19.1 Å². The van der Waals surface area contributed by atoms with E-state index in [9.17, 15) is 9.59 Å². The molecule has 0 atom stereocenters. The second-order valence-corrected chi connectivity index (χ2v) is 4.54. The van der Waals surface area contributed by atoms with E-state index in [2.05, 4.69) is 0 Å². The van der Waals surface area contributed by atoms with Crippen molar-refractivity contribution in [3.8, 4) is 5.69 Å². The molecule has 4 heteroatoms. The van der Waals surface area contributed by atoms with Gasteiger partial charge in [-0.1, -0.05) is 17.7 Å². The molecule has 1 heterocycles. The fourth-order valence-electron chi connectivity index (χ4n) is 1.80. The number of rotatable bonds is 2. The molecule has 1 aromatic carbocycles. The molecule has 3 nitrogen and oxygen atoms in total. The molecule has 2 rings (SSSR count). The fraction of sp³-hybridized carbons (Fsp3) is 0.143. The number of hydrogen-bond donors (Lipinski definition) is 0. The Morgan fingerprint density at radius 2 is 2.00 bits per heavy atom. The number of ketones is 1. The summed E-state index contributed by atoms with van der Waals surface area (Å²) in [4.78, 5) is 23.1. The van der Waals surface area contributed by atoms with Crippen LogP contribution in [-0.4, -0.2) is 10.4 Å². The summed E-state index contributed by atoms with van der Waals surface area (Å²) >= 11 is 5.94. The number of aromatic nitrogens is 1. The van der Waals surface area contributed by atoms with Crippen molar-refractivity contribution in [2.45, 2.75) is 13.8 Å². The van der Waals surface area contributed by atoms with Crippen LogP contribution in [0.1, 0.15) is 23.0 Å². The highest BCUT2D eigenvalue weighted by atomic mass is 35.5. The van der Waals surface area contributed by atoms with Gasteiger partial charge in [0.1, 0.15) is 0 Å². The van der Waals surface area contributed by atoms with Crippen LogP contribution in [0.15, 0.2) is 41.3 Å². The van der Waals surface area contributed by atoms with Crippen LogP contribution in [0.5, 0.6) is 0 Å². The zero-order valence-corrected chi connectivity index (χ0v) is 10.9. The van der Waals surface area contributed by atoms with Gasteiger partial charge >= 0.3 is 0 Å². The van der Waals surface area contributed by atoms with Crippen LogP contribution in [0.2, 0.25) is 5.02 Å². The summed E-state index contributed by atoms with van der Waals surface area (Å²) in [7, 11) is 0. The summed E-state index contributed by atoms with van der Waals surface area (Å²) < 4.78 is 1.78. The zero-order chi connectivity index (χ0) is 13.3. The van der Waals surface area contributed by atoms with Gasteiger partial charge in [0.15, 0.2) is 11.2 Å². The molecule has 0 aliphatic carbocycles. The Morgan fingerprint density at radius 3 is 2.61 bits per heavy atom. The maximum atomic E-state index is 11.7. The number of aryl methyl sites for hydroxylation is 1. The molecule has 18 heavy (non-hydrogen) atoms. The predicted molar refractivity (Wildman–Crippen MR) is 71.8 cm³/mol. The highest BCUT2D eigenvalue weighted by Crippen LogP contribution is 2.16. The summed E-state index contributed by atoms with van der Waals surface area (Å²) in [5, 5.41) is 0.606. The highest BCUT2D eigenvalue weighted by molar-refractivity contribution is 6.30. The van der Waals surface area contributed by atoms with Crippen LogP contribution in [0.25, 0.3) is 5.69 Å². The maximum absolute atomic E-state index is 11.7. The van der Waals surface area contributed by atoms with E-state index in [-0.39, 0.29) is 16.8 Å². The summed E-state index contributed by atoms with van der Waals surface area (Å²) in [6.45, 7) is 3.20. The average molecular weight is 262 g/mol. The zero-order valence-electron chi connectivity index (χ0n) is 10.1. The first kappa shape index (κ1) is 12.6. The van der Waals surface area contributed by atoms with Crippen LogP contribution in [0.3, 0.4) is 0 Å². The maximum Gasteiger partial charge on any atom is 0.192 e. The number of carbonyl (C=O) groups excluding carboxylic acids is 1. The van der Waals surface area contributed by atoms with Crippen molar-refractivity contribution < 1.29 is 4.79 Å². The molecule has 0 saturated heterocycles. The van der Waals surface area contributed by atoms with E-state index in [1.54, 1.807) is 22.9 Å². The lowest BCUT2D eigenvalue weighted by Gasteiger charge is -2.12. The molecule has 0 amide bonds. The number of pyridine rings is 1. The molecular formula is C14H12ClNO2. The Balaban J connectivity index is 2.68. The van der Waals surface area contributed by atoms with Crippen LogP contribution in [-0.2, 0) is 0 Å². The van der Waals surface area contributed by atoms with Crippen molar-refractivity contribution in [1.29, 1.82) is 0 Å². The Morgan fingerprint density at radius 1 is 1.28 bits per heavy atom. The molecule has 2 aromatic rings. The van der Waals surface area contributed by atoms with Gasteiger partial charge in [-0.15, -0.1) is 0 Å². The Bertz CT molecular complexity index is 674. The van der Waals surface area contributed by atoms with Gasteiger partial charge in [0.25, 0.3) is 0 Å². The van der Waals surface area contributed by atoms with Crippen LogP contribution < -0.4 is 5.43 Å². The largest absolute Gasteiger partial charge is 0.320 e. The molecule has 0 radical (unpaired) electrons. The standard InChI is InChI=1S/C14H12ClNO2/c1-9-6-14(18)13(10(2)17)8-16(9)12-5-3-4-11(15)7-12/h3-8H,1-2H3. The molecule has 0 spiro atoms. The second-order valence-electron chi connectivity index (χ2n) is 4.10. The molecule has 1 aromatic heterocycles. The van der Waals surface area contributed by atoms with Crippen LogP contribution >= 0.6 is 11.6 Å². The van der Waals surface area contributed by atoms with Crippen molar-refractivity contribution in [1.82, 2.24) is 4.57 Å². The molecular weight excluding hydrogens is 250 g/mol. The molecule has 0 aliphatic heterocycles. The molecule has 92 valence electrons. The minimum atomic E-state index is -0.252. The lowest BCUT2D eigenvalue weighted by molar-refractivity contribution is 0.101. The summed E-state index contributed by atoms with van der Waals surface area (Å²) in [6, 6.07) is 8.70. The van der Waals surface area contributed by atoms with Crippen molar-refractivity contribution >= 4 is 17.4 Å². The monoisotopic (exact) mass is 261 g/mol. The third kappa shape index (κ3) is 2.36. The smallest absolute Gasteiger partial charge is 0.192 e. The Labute approximate surface area is 110 Å². The van der Waals surface area contributed by atoms with Gasteiger partial charge in [-0.3, -0.25) is 9.59 Å². The molecule has 0 aliphatic rings. The van der Waals surface area contributed by atoms with Crippen molar-refractivity contribution in [2.24, 2.45) is 0 Å². The summed E-state index contributed by atoms with van der Waals surface area (Å²) in [5.74, 6) is -0.240. The number of benzene rings is 1. The minimum Gasteiger partial charge on any atom is -0.320 e. The fourth-order valence-corrected chi connectivity index (χ4v) is 1.98. The van der Waals surface area contributed by atoms with Gasteiger partial charge < -0.3 is 4.57 Å². The number of nitrogens with zero attached hydrogens (tertiary/aromatic N) is 1. The van der Waals surface area contributed by atoms with Gasteiger partial charge in [-0.05, 0) is 32.0 Å². The first-order valence-electron chi connectivity index (χ1n) is 5.49. The molecule has 0 N–H and O–H groups in total. The molecule has 0 unspecified atom stereocenters. The molecule has 0 bridgehead atoms. The SMILES string of the molecule is CC(=O)c1cn(-c2cccc(Cl)c2)c(C)cc1=O. The van der Waals surface area contributed by atoms with Crippen molar-refractivity contribution in [3.05, 3.63) is 63.0 Å². The number of Topliss-reactive ketones (excluding diaryl/α,β-unsaturated/α-hetero) is 1. The first-order valence-corrected chi connectivity index (χ1v) is 5.87. The quantitative estimate of drug-likeness (QED) is 0.780. The lowest BCUT2D eigenvalue weighted by Crippen LogP contribution is -2.16. The number of carbonyl (C=O) groups is 1. The minimum absolute atomic E-state index is 0.181. The van der Waals surface area contributed by atoms with E-state index >= 15 is 0 Å². The van der Waals surface area contributed by atoms with E-state index in [4.69, 9.17) is 11.6 Å². The average Bonchev–Trinajstić information content (AvgIpc) is 2.28. The lowest BCUT2D eigenvalue weighted by atomic mass is 10.1. The van der Waals surface area contributed by atoms with Gasteiger partial charge in [0.05, 0.1) is 5.56 Å². The van der Waals surface area contributed by atoms with Gasteiger partial charge in [-0.2, -0.15) is 0 Å². The first-order chi connectivity index (χ1) is 8.49. The Hall–Kier alpha value is -1.87. The van der Waals surface area contributed by atoms with Gasteiger partial charge in [-0.25, -0.2) is 0 Å². The predicted octanol–water partition coefficient (Wildman–Crippen LogP) is 3.00. The topological polar surface area (TPSA) is 39.1 Å². The normalized spacial score (nSPS) is 10.4. The number of hydrogen-bond acceptors (Lipinski definition) is 2. The van der Waals surface area contributed by atoms with Crippen LogP contribution in [0.4, 0.5) is 0 Å². The number of halogens is 1. The van der Waals surface area contributed by atoms with Crippen LogP contribution in [0, 0.1) is 6.92 Å². The molecule has 0 fully saturated rings. The van der Waals surface area contributed by atoms with Crippen molar-refractivity contribution in [3.63, 3.8) is 0 Å². The third-order valence-corrected chi connectivity index (χ3v) is 2.94. The van der Waals surface area contributed by atoms with E-state index in [0.717, 1.165) is 11.4 Å². The van der Waals surface area contributed by atoms with Crippen molar-refractivity contribution in [2.75, 3.05) is 0 Å². The second kappa shape index (κ2) is 4.78.